The van der Waals surface area contributed by atoms with Gasteiger partial charge in [-0.25, -0.2) is 0 Å². The summed E-state index contributed by atoms with van der Waals surface area (Å²) in [5.74, 6) is -0.0216. The summed E-state index contributed by atoms with van der Waals surface area (Å²) in [5.41, 5.74) is 0.915. The van der Waals surface area contributed by atoms with E-state index in [1.165, 1.54) is 12.1 Å². The van der Waals surface area contributed by atoms with Crippen LogP contribution in [0.4, 0.5) is 18.9 Å². The van der Waals surface area contributed by atoms with E-state index in [0.717, 1.165) is 37.7 Å². The van der Waals surface area contributed by atoms with E-state index in [2.05, 4.69) is 10.2 Å². The second-order valence-corrected chi connectivity index (χ2v) is 7.82. The molecule has 1 saturated heterocycles. The summed E-state index contributed by atoms with van der Waals surface area (Å²) >= 11 is 5.84. The quantitative estimate of drug-likeness (QED) is 0.656. The summed E-state index contributed by atoms with van der Waals surface area (Å²) in [5, 5.41) is 3.57. The molecule has 0 saturated carbocycles. The standard InChI is InChI=1S/C22H25ClF3N3O/c23-19-7-5-17(6-8-19)15-21(30)27-9-2-10-28-11-13-29(14-12-28)20-4-1-3-18(16-20)22(24,25)26/h1,3-8,16H,2,9-15H2,(H,27,30). The number of anilines is 1. The molecule has 0 atom stereocenters. The molecule has 162 valence electrons. The van der Waals surface area contributed by atoms with E-state index >= 15 is 0 Å². The Kier molecular flexibility index (Phi) is 7.61. The molecule has 0 radical (unpaired) electrons. The van der Waals surface area contributed by atoms with Gasteiger partial charge in [-0.1, -0.05) is 29.8 Å². The van der Waals surface area contributed by atoms with E-state index in [-0.39, 0.29) is 5.91 Å². The van der Waals surface area contributed by atoms with Crippen molar-refractivity contribution in [2.45, 2.75) is 19.0 Å². The Bertz CT molecular complexity index is 834. The average Bonchev–Trinajstić information content (AvgIpc) is 2.73. The Morgan fingerprint density at radius 1 is 1.03 bits per heavy atom. The van der Waals surface area contributed by atoms with Crippen LogP contribution in [0.25, 0.3) is 0 Å². The highest BCUT2D eigenvalue weighted by Crippen LogP contribution is 2.31. The summed E-state index contributed by atoms with van der Waals surface area (Å²) in [6.45, 7) is 4.39. The third-order valence-electron chi connectivity index (χ3n) is 5.16. The van der Waals surface area contributed by atoms with Crippen LogP contribution in [0, 0.1) is 0 Å². The lowest BCUT2D eigenvalue weighted by Gasteiger charge is -2.36. The van der Waals surface area contributed by atoms with Crippen molar-refractivity contribution in [3.05, 3.63) is 64.7 Å². The van der Waals surface area contributed by atoms with Crippen molar-refractivity contribution in [2.75, 3.05) is 44.2 Å². The van der Waals surface area contributed by atoms with E-state index in [9.17, 15) is 18.0 Å². The molecule has 8 heteroatoms. The van der Waals surface area contributed by atoms with Crippen LogP contribution < -0.4 is 10.2 Å². The van der Waals surface area contributed by atoms with E-state index in [0.29, 0.717) is 36.8 Å². The normalized spacial score (nSPS) is 15.3. The zero-order valence-corrected chi connectivity index (χ0v) is 17.3. The Hall–Kier alpha value is -2.25. The van der Waals surface area contributed by atoms with Crippen LogP contribution in [0.2, 0.25) is 5.02 Å². The number of nitrogens with one attached hydrogen (secondary N) is 1. The summed E-state index contributed by atoms with van der Waals surface area (Å²) in [4.78, 5) is 16.3. The van der Waals surface area contributed by atoms with Gasteiger partial charge >= 0.3 is 6.18 Å². The fourth-order valence-electron chi connectivity index (χ4n) is 3.49. The third-order valence-corrected chi connectivity index (χ3v) is 5.41. The van der Waals surface area contributed by atoms with Gasteiger partial charge in [-0.3, -0.25) is 9.69 Å². The fourth-order valence-corrected chi connectivity index (χ4v) is 3.62. The topological polar surface area (TPSA) is 35.6 Å². The fraction of sp³-hybridized carbons (Fsp3) is 0.409. The number of rotatable bonds is 7. The molecular formula is C22H25ClF3N3O. The first-order valence-electron chi connectivity index (χ1n) is 9.97. The molecule has 1 aliphatic rings. The van der Waals surface area contributed by atoms with Crippen LogP contribution in [-0.4, -0.2) is 50.1 Å². The highest BCUT2D eigenvalue weighted by molar-refractivity contribution is 6.30. The van der Waals surface area contributed by atoms with Gasteiger partial charge < -0.3 is 10.2 Å². The lowest BCUT2D eigenvalue weighted by Crippen LogP contribution is -2.47. The number of hydrogen-bond donors (Lipinski definition) is 1. The zero-order valence-electron chi connectivity index (χ0n) is 16.6. The van der Waals surface area contributed by atoms with E-state index < -0.39 is 11.7 Å². The number of piperazine rings is 1. The van der Waals surface area contributed by atoms with Crippen molar-refractivity contribution in [1.82, 2.24) is 10.2 Å². The first-order chi connectivity index (χ1) is 14.3. The van der Waals surface area contributed by atoms with E-state index in [1.54, 1.807) is 18.2 Å². The maximum atomic E-state index is 12.9. The summed E-state index contributed by atoms with van der Waals surface area (Å²) in [6, 6.07) is 12.7. The number of alkyl halides is 3. The molecule has 3 rings (SSSR count). The molecule has 1 fully saturated rings. The average molecular weight is 440 g/mol. The minimum absolute atomic E-state index is 0.0216. The van der Waals surface area contributed by atoms with Crippen molar-refractivity contribution in [2.24, 2.45) is 0 Å². The Morgan fingerprint density at radius 2 is 1.73 bits per heavy atom. The van der Waals surface area contributed by atoms with Gasteiger partial charge in [0.25, 0.3) is 0 Å². The lowest BCUT2D eigenvalue weighted by molar-refractivity contribution is -0.137. The highest BCUT2D eigenvalue weighted by Gasteiger charge is 2.31. The van der Waals surface area contributed by atoms with E-state index in [4.69, 9.17) is 11.6 Å². The maximum absolute atomic E-state index is 12.9. The van der Waals surface area contributed by atoms with Crippen LogP contribution in [0.5, 0.6) is 0 Å². The third kappa shape index (κ3) is 6.64. The van der Waals surface area contributed by atoms with Crippen molar-refractivity contribution in [3.8, 4) is 0 Å². The van der Waals surface area contributed by atoms with Crippen molar-refractivity contribution < 1.29 is 18.0 Å². The predicted octanol–water partition coefficient (Wildman–Crippen LogP) is 4.23. The molecule has 1 amide bonds. The van der Waals surface area contributed by atoms with Gasteiger partial charge in [-0.2, -0.15) is 13.2 Å². The summed E-state index contributed by atoms with van der Waals surface area (Å²) in [6.07, 6.45) is -3.17. The molecular weight excluding hydrogens is 415 g/mol. The van der Waals surface area contributed by atoms with Gasteiger partial charge in [0, 0.05) is 43.4 Å². The van der Waals surface area contributed by atoms with Crippen LogP contribution >= 0.6 is 11.6 Å². The minimum Gasteiger partial charge on any atom is -0.369 e. The smallest absolute Gasteiger partial charge is 0.369 e. The molecule has 1 N–H and O–H groups in total. The van der Waals surface area contributed by atoms with Crippen LogP contribution in [0.1, 0.15) is 17.5 Å². The number of amides is 1. The number of halogens is 4. The number of hydrogen-bond acceptors (Lipinski definition) is 3. The minimum atomic E-state index is -4.32. The first-order valence-corrected chi connectivity index (χ1v) is 10.3. The summed E-state index contributed by atoms with van der Waals surface area (Å²) < 4.78 is 38.7. The molecule has 0 aliphatic carbocycles. The molecule has 1 aliphatic heterocycles. The Labute approximate surface area is 179 Å². The van der Waals surface area contributed by atoms with Crippen molar-refractivity contribution in [1.29, 1.82) is 0 Å². The van der Waals surface area contributed by atoms with E-state index in [1.807, 2.05) is 17.0 Å². The van der Waals surface area contributed by atoms with Crippen LogP contribution in [0.15, 0.2) is 48.5 Å². The maximum Gasteiger partial charge on any atom is 0.416 e. The van der Waals surface area contributed by atoms with Gasteiger partial charge in [0.15, 0.2) is 0 Å². The predicted molar refractivity (Wildman–Crippen MR) is 113 cm³/mol. The molecule has 30 heavy (non-hydrogen) atoms. The summed E-state index contributed by atoms with van der Waals surface area (Å²) in [7, 11) is 0. The Balaban J connectivity index is 1.35. The molecule has 4 nitrogen and oxygen atoms in total. The molecule has 1 heterocycles. The lowest BCUT2D eigenvalue weighted by atomic mass is 10.1. The largest absolute Gasteiger partial charge is 0.416 e. The van der Waals surface area contributed by atoms with Crippen LogP contribution in [0.3, 0.4) is 0 Å². The Morgan fingerprint density at radius 3 is 2.40 bits per heavy atom. The SMILES string of the molecule is O=C(Cc1ccc(Cl)cc1)NCCCN1CCN(c2cccc(C(F)(F)F)c2)CC1. The molecule has 0 aromatic heterocycles. The molecule has 0 spiro atoms. The first kappa shape index (κ1) is 22.4. The molecule has 2 aromatic carbocycles. The monoisotopic (exact) mass is 439 g/mol. The highest BCUT2D eigenvalue weighted by atomic mass is 35.5. The van der Waals surface area contributed by atoms with Crippen molar-refractivity contribution >= 4 is 23.2 Å². The number of carbonyl (C=O) groups excluding carboxylic acids is 1. The van der Waals surface area contributed by atoms with Gasteiger partial charge in [0.1, 0.15) is 0 Å². The molecule has 0 unspecified atom stereocenters. The number of carbonyl (C=O) groups is 1. The number of nitrogens with zero attached hydrogens (tertiary/aromatic N) is 2. The van der Waals surface area contributed by atoms with Gasteiger partial charge in [-0.15, -0.1) is 0 Å². The molecule has 2 aromatic rings. The van der Waals surface area contributed by atoms with Gasteiger partial charge in [0.2, 0.25) is 5.91 Å². The number of benzene rings is 2. The van der Waals surface area contributed by atoms with Crippen LogP contribution in [-0.2, 0) is 17.4 Å². The van der Waals surface area contributed by atoms with Crippen molar-refractivity contribution in [3.63, 3.8) is 0 Å². The second-order valence-electron chi connectivity index (χ2n) is 7.38. The molecule has 0 bridgehead atoms. The zero-order chi connectivity index (χ0) is 21.6. The van der Waals surface area contributed by atoms with Gasteiger partial charge in [0.05, 0.1) is 12.0 Å². The van der Waals surface area contributed by atoms with Gasteiger partial charge in [-0.05, 0) is 48.9 Å². The second kappa shape index (κ2) is 10.2.